The fraction of sp³-hybridized carbons (Fsp3) is 0.538. The number of hydrogen-bond donors (Lipinski definition) is 1. The van der Waals surface area contributed by atoms with Gasteiger partial charge in [0, 0.05) is 24.1 Å². The topological polar surface area (TPSA) is 49.0 Å². The summed E-state index contributed by atoms with van der Waals surface area (Å²) in [5, 5.41) is 3.64. The smallest absolute Gasteiger partial charge is 0.161 e. The molecular weight excluding hydrogens is 390 g/mol. The van der Waals surface area contributed by atoms with Crippen LogP contribution in [-0.4, -0.2) is 40.1 Å². The van der Waals surface area contributed by atoms with Gasteiger partial charge in [-0.15, -0.1) is 0 Å². The van der Waals surface area contributed by atoms with E-state index in [0.717, 1.165) is 62.6 Å². The summed E-state index contributed by atoms with van der Waals surface area (Å²) >= 11 is 0. The van der Waals surface area contributed by atoms with E-state index in [1.165, 1.54) is 11.1 Å². The molecule has 1 aliphatic rings. The van der Waals surface area contributed by atoms with E-state index in [4.69, 9.17) is 18.9 Å². The van der Waals surface area contributed by atoms with E-state index < -0.39 is 0 Å². The monoisotopic (exact) mass is 427 g/mol. The van der Waals surface area contributed by atoms with E-state index in [9.17, 15) is 0 Å². The lowest BCUT2D eigenvalue weighted by Gasteiger charge is -2.47. The lowest BCUT2D eigenvalue weighted by Crippen LogP contribution is -2.46. The average Bonchev–Trinajstić information content (AvgIpc) is 2.81. The Hall–Kier alpha value is -2.24. The van der Waals surface area contributed by atoms with E-state index in [0.29, 0.717) is 0 Å². The molecule has 0 saturated carbocycles. The Bertz CT molecular complexity index is 855. The first kappa shape index (κ1) is 23.4. The molecular formula is C26H37NO4. The Morgan fingerprint density at radius 3 is 2.42 bits per heavy atom. The predicted octanol–water partition coefficient (Wildman–Crippen LogP) is 5.11. The SMILES string of the molecule is CCC1(C)C[C@](CCNCc2ccc(OC)c(OC)c2)(c2ccccc2OC)CCO1. The van der Waals surface area contributed by atoms with Crippen LogP contribution in [-0.2, 0) is 16.7 Å². The molecule has 2 atom stereocenters. The minimum absolute atomic E-state index is 0.0280. The Labute approximate surface area is 187 Å². The predicted molar refractivity (Wildman–Crippen MR) is 124 cm³/mol. The van der Waals surface area contributed by atoms with Gasteiger partial charge < -0.3 is 24.3 Å². The van der Waals surface area contributed by atoms with Gasteiger partial charge in [0.2, 0.25) is 0 Å². The normalized spacial score (nSPS) is 23.4. The first-order valence-corrected chi connectivity index (χ1v) is 11.2. The fourth-order valence-corrected chi connectivity index (χ4v) is 4.79. The van der Waals surface area contributed by atoms with Crippen LogP contribution in [0.5, 0.6) is 17.2 Å². The van der Waals surface area contributed by atoms with E-state index >= 15 is 0 Å². The first-order valence-electron chi connectivity index (χ1n) is 11.2. The van der Waals surface area contributed by atoms with Crippen LogP contribution in [0.3, 0.4) is 0 Å². The summed E-state index contributed by atoms with van der Waals surface area (Å²) in [6.07, 6.45) is 4.03. The molecule has 1 fully saturated rings. The van der Waals surface area contributed by atoms with Crippen molar-refractivity contribution in [3.63, 3.8) is 0 Å². The summed E-state index contributed by atoms with van der Waals surface area (Å²) in [4.78, 5) is 0. The summed E-state index contributed by atoms with van der Waals surface area (Å²) < 4.78 is 22.7. The van der Waals surface area contributed by atoms with Gasteiger partial charge in [0.15, 0.2) is 11.5 Å². The van der Waals surface area contributed by atoms with Crippen molar-refractivity contribution in [1.82, 2.24) is 5.32 Å². The molecule has 2 aromatic carbocycles. The Balaban J connectivity index is 1.74. The van der Waals surface area contributed by atoms with Crippen LogP contribution in [0.2, 0.25) is 0 Å². The quantitative estimate of drug-likeness (QED) is 0.534. The molecule has 170 valence electrons. The van der Waals surface area contributed by atoms with Crippen molar-refractivity contribution in [3.8, 4) is 17.2 Å². The molecule has 0 aromatic heterocycles. The Morgan fingerprint density at radius 1 is 0.968 bits per heavy atom. The van der Waals surface area contributed by atoms with Crippen LogP contribution in [0.25, 0.3) is 0 Å². The van der Waals surface area contributed by atoms with E-state index in [-0.39, 0.29) is 11.0 Å². The van der Waals surface area contributed by atoms with E-state index in [2.05, 4.69) is 43.4 Å². The molecule has 0 aliphatic carbocycles. The molecule has 0 bridgehead atoms. The molecule has 3 rings (SSSR count). The van der Waals surface area contributed by atoms with Crippen molar-refractivity contribution in [2.45, 2.75) is 57.1 Å². The number of para-hydroxylation sites is 1. The zero-order chi connectivity index (χ0) is 22.3. The van der Waals surface area contributed by atoms with Gasteiger partial charge in [-0.25, -0.2) is 0 Å². The van der Waals surface area contributed by atoms with Crippen molar-refractivity contribution >= 4 is 0 Å². The van der Waals surface area contributed by atoms with E-state index in [1.807, 2.05) is 18.2 Å². The van der Waals surface area contributed by atoms with Gasteiger partial charge in [-0.1, -0.05) is 31.2 Å². The molecule has 1 unspecified atom stereocenters. The number of benzene rings is 2. The van der Waals surface area contributed by atoms with Gasteiger partial charge >= 0.3 is 0 Å². The van der Waals surface area contributed by atoms with Crippen LogP contribution in [0.4, 0.5) is 0 Å². The fourth-order valence-electron chi connectivity index (χ4n) is 4.79. The molecule has 0 spiro atoms. The van der Waals surface area contributed by atoms with Gasteiger partial charge in [0.1, 0.15) is 5.75 Å². The highest BCUT2D eigenvalue weighted by atomic mass is 16.5. The molecule has 2 aromatic rings. The van der Waals surface area contributed by atoms with Gasteiger partial charge in [0.25, 0.3) is 0 Å². The maximum Gasteiger partial charge on any atom is 0.161 e. The summed E-state index contributed by atoms with van der Waals surface area (Å²) in [5.41, 5.74) is 2.39. The summed E-state index contributed by atoms with van der Waals surface area (Å²) in [6.45, 7) is 6.93. The van der Waals surface area contributed by atoms with Crippen molar-refractivity contribution in [3.05, 3.63) is 53.6 Å². The lowest BCUT2D eigenvalue weighted by atomic mass is 9.66. The van der Waals surface area contributed by atoms with Crippen LogP contribution in [0.15, 0.2) is 42.5 Å². The molecule has 0 amide bonds. The van der Waals surface area contributed by atoms with Crippen LogP contribution >= 0.6 is 0 Å². The highest BCUT2D eigenvalue weighted by molar-refractivity contribution is 5.43. The molecule has 1 aliphatic heterocycles. The second-order valence-corrected chi connectivity index (χ2v) is 8.68. The minimum Gasteiger partial charge on any atom is -0.496 e. The summed E-state index contributed by atoms with van der Waals surface area (Å²) in [6, 6.07) is 14.5. The van der Waals surface area contributed by atoms with Gasteiger partial charge in [-0.3, -0.25) is 0 Å². The maximum absolute atomic E-state index is 6.20. The second-order valence-electron chi connectivity index (χ2n) is 8.68. The lowest BCUT2D eigenvalue weighted by molar-refractivity contribution is -0.0982. The van der Waals surface area contributed by atoms with Crippen molar-refractivity contribution in [2.24, 2.45) is 0 Å². The standard InChI is InChI=1S/C26H37NO4/c1-6-25(2)19-26(14-16-31-25,21-9-7-8-10-22(21)28-3)13-15-27-18-20-11-12-23(29-4)24(17-20)30-5/h7-12,17,27H,6,13-16,18-19H2,1-5H3/t25?,26-/m1/s1. The third kappa shape index (κ3) is 5.34. The number of ether oxygens (including phenoxy) is 4. The third-order valence-electron chi connectivity index (χ3n) is 6.73. The maximum atomic E-state index is 6.20. The largest absolute Gasteiger partial charge is 0.496 e. The first-order chi connectivity index (χ1) is 15.0. The number of nitrogens with one attached hydrogen (secondary N) is 1. The van der Waals surface area contributed by atoms with Crippen LogP contribution in [0.1, 0.15) is 50.7 Å². The summed E-state index contributed by atoms with van der Waals surface area (Å²) in [7, 11) is 5.09. The van der Waals surface area contributed by atoms with Crippen molar-refractivity contribution in [2.75, 3.05) is 34.5 Å². The third-order valence-corrected chi connectivity index (χ3v) is 6.73. The van der Waals surface area contributed by atoms with Gasteiger partial charge in [-0.05, 0) is 62.9 Å². The highest BCUT2D eigenvalue weighted by Gasteiger charge is 2.44. The molecule has 0 radical (unpaired) electrons. The minimum atomic E-state index is -0.109. The number of methoxy groups -OCH3 is 3. The Morgan fingerprint density at radius 2 is 1.71 bits per heavy atom. The van der Waals surface area contributed by atoms with Crippen molar-refractivity contribution < 1.29 is 18.9 Å². The van der Waals surface area contributed by atoms with Crippen LogP contribution < -0.4 is 19.5 Å². The summed E-state index contributed by atoms with van der Waals surface area (Å²) in [5.74, 6) is 2.49. The van der Waals surface area contributed by atoms with Gasteiger partial charge in [0.05, 0.1) is 26.9 Å². The number of hydrogen-bond acceptors (Lipinski definition) is 5. The van der Waals surface area contributed by atoms with Crippen LogP contribution in [0, 0.1) is 0 Å². The molecule has 31 heavy (non-hydrogen) atoms. The second kappa shape index (κ2) is 10.4. The zero-order valence-corrected chi connectivity index (χ0v) is 19.6. The number of rotatable bonds is 10. The molecule has 1 heterocycles. The zero-order valence-electron chi connectivity index (χ0n) is 19.6. The molecule has 1 saturated heterocycles. The van der Waals surface area contributed by atoms with Gasteiger partial charge in [-0.2, -0.15) is 0 Å². The van der Waals surface area contributed by atoms with E-state index in [1.54, 1.807) is 21.3 Å². The molecule has 1 N–H and O–H groups in total. The average molecular weight is 428 g/mol. The Kier molecular flexibility index (Phi) is 7.84. The molecule has 5 nitrogen and oxygen atoms in total. The van der Waals surface area contributed by atoms with Crippen molar-refractivity contribution in [1.29, 1.82) is 0 Å². The highest BCUT2D eigenvalue weighted by Crippen LogP contribution is 2.47. The molecule has 5 heteroatoms.